The van der Waals surface area contributed by atoms with Gasteiger partial charge in [0, 0.05) is 6.54 Å². The molecule has 0 bridgehead atoms. The van der Waals surface area contributed by atoms with Gasteiger partial charge in [-0.25, -0.2) is 0 Å². The van der Waals surface area contributed by atoms with E-state index in [9.17, 15) is 4.79 Å². The van der Waals surface area contributed by atoms with Gasteiger partial charge in [-0.05, 0) is 37.5 Å². The number of amides is 1. The number of nitrogens with two attached hydrogens (primary N) is 1. The van der Waals surface area contributed by atoms with Crippen molar-refractivity contribution in [3.8, 4) is 0 Å². The Morgan fingerprint density at radius 2 is 2.00 bits per heavy atom. The molecule has 0 aromatic heterocycles. The summed E-state index contributed by atoms with van der Waals surface area (Å²) < 4.78 is 0. The molecule has 2 aliphatic carbocycles. The maximum absolute atomic E-state index is 11.7. The Bertz CT molecular complexity index is 254. The van der Waals surface area contributed by atoms with Crippen molar-refractivity contribution >= 4 is 5.91 Å². The van der Waals surface area contributed by atoms with Gasteiger partial charge in [0.15, 0.2) is 0 Å². The monoisotopic (exact) mass is 210 g/mol. The summed E-state index contributed by atoms with van der Waals surface area (Å²) >= 11 is 0. The number of nitrogens with one attached hydrogen (secondary N) is 1. The first kappa shape index (κ1) is 10.9. The summed E-state index contributed by atoms with van der Waals surface area (Å²) in [6, 6.07) is 0. The predicted octanol–water partition coefficient (Wildman–Crippen LogP) is 1.56. The van der Waals surface area contributed by atoms with Gasteiger partial charge in [-0.15, -0.1) is 0 Å². The van der Waals surface area contributed by atoms with Gasteiger partial charge in [0.1, 0.15) is 0 Å². The van der Waals surface area contributed by atoms with E-state index in [1.54, 1.807) is 0 Å². The van der Waals surface area contributed by atoms with Crippen molar-refractivity contribution in [3.05, 3.63) is 0 Å². The standard InChI is InChI=1S/C12H22N2O/c1-2-4-11(5-3-6-11)9-14-10(15)12(13)7-8-12/h2-9,13H2,1H3,(H,14,15). The summed E-state index contributed by atoms with van der Waals surface area (Å²) in [5, 5.41) is 3.05. The summed E-state index contributed by atoms with van der Waals surface area (Å²) in [6.07, 6.45) is 8.05. The van der Waals surface area contributed by atoms with Crippen LogP contribution in [0.2, 0.25) is 0 Å². The van der Waals surface area contributed by atoms with E-state index in [1.165, 1.54) is 32.1 Å². The number of hydrogen-bond donors (Lipinski definition) is 2. The highest BCUT2D eigenvalue weighted by Gasteiger charge is 2.46. The van der Waals surface area contributed by atoms with Crippen LogP contribution in [0.25, 0.3) is 0 Å². The molecule has 0 aromatic rings. The second-order valence-corrected chi connectivity index (χ2v) is 5.44. The van der Waals surface area contributed by atoms with E-state index in [1.807, 2.05) is 0 Å². The van der Waals surface area contributed by atoms with Crippen LogP contribution in [0.15, 0.2) is 0 Å². The molecule has 2 saturated carbocycles. The Labute approximate surface area is 91.8 Å². The smallest absolute Gasteiger partial charge is 0.240 e. The summed E-state index contributed by atoms with van der Waals surface area (Å²) in [5.74, 6) is 0.0740. The SMILES string of the molecule is CCCC1(CNC(=O)C2(N)CC2)CCC1. The lowest BCUT2D eigenvalue weighted by Gasteiger charge is -2.42. The van der Waals surface area contributed by atoms with Gasteiger partial charge in [0.05, 0.1) is 5.54 Å². The van der Waals surface area contributed by atoms with Crippen molar-refractivity contribution in [3.63, 3.8) is 0 Å². The van der Waals surface area contributed by atoms with Crippen molar-refractivity contribution in [1.82, 2.24) is 5.32 Å². The first-order valence-electron chi connectivity index (χ1n) is 6.17. The van der Waals surface area contributed by atoms with Crippen molar-refractivity contribution in [2.45, 2.75) is 57.4 Å². The highest BCUT2D eigenvalue weighted by Crippen LogP contribution is 2.44. The van der Waals surface area contributed by atoms with Crippen LogP contribution in [0.3, 0.4) is 0 Å². The lowest BCUT2D eigenvalue weighted by molar-refractivity contribution is -0.124. The minimum Gasteiger partial charge on any atom is -0.354 e. The van der Waals surface area contributed by atoms with E-state index >= 15 is 0 Å². The van der Waals surface area contributed by atoms with E-state index in [0.29, 0.717) is 5.41 Å². The van der Waals surface area contributed by atoms with Crippen LogP contribution in [0.1, 0.15) is 51.9 Å². The molecule has 0 unspecified atom stereocenters. The summed E-state index contributed by atoms with van der Waals surface area (Å²) in [4.78, 5) is 11.7. The normalized spacial score (nSPS) is 25.5. The minimum absolute atomic E-state index is 0.0740. The van der Waals surface area contributed by atoms with Gasteiger partial charge in [0.25, 0.3) is 0 Å². The molecule has 1 amide bonds. The molecule has 15 heavy (non-hydrogen) atoms. The lowest BCUT2D eigenvalue weighted by Crippen LogP contribution is -2.48. The van der Waals surface area contributed by atoms with Crippen LogP contribution in [-0.4, -0.2) is 18.0 Å². The van der Waals surface area contributed by atoms with Crippen LogP contribution in [-0.2, 0) is 4.79 Å². The lowest BCUT2D eigenvalue weighted by atomic mass is 9.66. The van der Waals surface area contributed by atoms with E-state index in [2.05, 4.69) is 12.2 Å². The van der Waals surface area contributed by atoms with Crippen LogP contribution >= 0.6 is 0 Å². The van der Waals surface area contributed by atoms with Gasteiger partial charge >= 0.3 is 0 Å². The van der Waals surface area contributed by atoms with Crippen molar-refractivity contribution < 1.29 is 4.79 Å². The Balaban J connectivity index is 1.78. The first-order valence-corrected chi connectivity index (χ1v) is 6.17. The van der Waals surface area contributed by atoms with Crippen LogP contribution in [0.5, 0.6) is 0 Å². The van der Waals surface area contributed by atoms with Gasteiger partial charge in [-0.3, -0.25) is 4.79 Å². The third kappa shape index (κ3) is 2.17. The predicted molar refractivity (Wildman–Crippen MR) is 60.4 cm³/mol. The maximum atomic E-state index is 11.7. The summed E-state index contributed by atoms with van der Waals surface area (Å²) in [6.45, 7) is 3.06. The number of carbonyl (C=O) groups excluding carboxylic acids is 1. The fourth-order valence-electron chi connectivity index (χ4n) is 2.53. The molecule has 2 rings (SSSR count). The fraction of sp³-hybridized carbons (Fsp3) is 0.917. The van der Waals surface area contributed by atoms with E-state index in [4.69, 9.17) is 5.73 Å². The minimum atomic E-state index is -0.503. The molecule has 0 spiro atoms. The third-order valence-electron chi connectivity index (χ3n) is 4.06. The number of rotatable bonds is 5. The third-order valence-corrected chi connectivity index (χ3v) is 4.06. The van der Waals surface area contributed by atoms with Crippen LogP contribution < -0.4 is 11.1 Å². The zero-order chi connectivity index (χ0) is 10.9. The topological polar surface area (TPSA) is 55.1 Å². The Kier molecular flexibility index (Phi) is 2.75. The first-order chi connectivity index (χ1) is 7.10. The molecule has 2 fully saturated rings. The molecule has 0 saturated heterocycles. The molecule has 0 aromatic carbocycles. The Hall–Kier alpha value is -0.570. The average molecular weight is 210 g/mol. The second kappa shape index (κ2) is 3.78. The Morgan fingerprint density at radius 3 is 2.40 bits per heavy atom. The molecule has 3 heteroatoms. The number of carbonyl (C=O) groups is 1. The van der Waals surface area contributed by atoms with Gasteiger partial charge < -0.3 is 11.1 Å². The largest absolute Gasteiger partial charge is 0.354 e. The molecular weight excluding hydrogens is 188 g/mol. The van der Waals surface area contributed by atoms with Gasteiger partial charge in [-0.1, -0.05) is 19.8 Å². The summed E-state index contributed by atoms with van der Waals surface area (Å²) in [7, 11) is 0. The zero-order valence-electron chi connectivity index (χ0n) is 9.64. The molecular formula is C12H22N2O. The highest BCUT2D eigenvalue weighted by atomic mass is 16.2. The maximum Gasteiger partial charge on any atom is 0.240 e. The molecule has 3 nitrogen and oxygen atoms in total. The number of hydrogen-bond acceptors (Lipinski definition) is 2. The van der Waals surface area contributed by atoms with Crippen LogP contribution in [0.4, 0.5) is 0 Å². The highest BCUT2D eigenvalue weighted by molar-refractivity contribution is 5.88. The second-order valence-electron chi connectivity index (χ2n) is 5.44. The summed E-state index contributed by atoms with van der Waals surface area (Å²) in [5.41, 5.74) is 5.75. The fourth-order valence-corrected chi connectivity index (χ4v) is 2.53. The molecule has 0 atom stereocenters. The van der Waals surface area contributed by atoms with Crippen molar-refractivity contribution in [2.75, 3.05) is 6.54 Å². The van der Waals surface area contributed by atoms with E-state index in [0.717, 1.165) is 19.4 Å². The van der Waals surface area contributed by atoms with Gasteiger partial charge in [-0.2, -0.15) is 0 Å². The molecule has 0 heterocycles. The van der Waals surface area contributed by atoms with Gasteiger partial charge in [0.2, 0.25) is 5.91 Å². The quantitative estimate of drug-likeness (QED) is 0.723. The van der Waals surface area contributed by atoms with Crippen LogP contribution in [0, 0.1) is 5.41 Å². The van der Waals surface area contributed by atoms with Crippen molar-refractivity contribution in [2.24, 2.45) is 11.1 Å². The molecule has 86 valence electrons. The molecule has 2 aliphatic rings. The molecule has 3 N–H and O–H groups in total. The zero-order valence-corrected chi connectivity index (χ0v) is 9.64. The van der Waals surface area contributed by atoms with E-state index < -0.39 is 5.54 Å². The Morgan fingerprint density at radius 1 is 1.33 bits per heavy atom. The van der Waals surface area contributed by atoms with E-state index in [-0.39, 0.29) is 5.91 Å². The average Bonchev–Trinajstić information content (AvgIpc) is 2.89. The molecule has 0 aliphatic heterocycles. The van der Waals surface area contributed by atoms with Crippen molar-refractivity contribution in [1.29, 1.82) is 0 Å². The molecule has 0 radical (unpaired) electrons.